The lowest BCUT2D eigenvalue weighted by atomic mass is 9.85. The van der Waals surface area contributed by atoms with Crippen molar-refractivity contribution in [2.75, 3.05) is 13.2 Å². The van der Waals surface area contributed by atoms with Crippen LogP contribution in [-0.2, 0) is 14.3 Å². The normalized spacial score (nSPS) is 29.0. The van der Waals surface area contributed by atoms with Crippen LogP contribution in [0.3, 0.4) is 0 Å². The lowest BCUT2D eigenvalue weighted by Crippen LogP contribution is -2.60. The van der Waals surface area contributed by atoms with Gasteiger partial charge in [-0.3, -0.25) is 9.59 Å². The standard InChI is InChI=1S/C16H20N2O3/c1-2-21-13-8-12(9-13)18-14(19)10-17-16(20)15(18)11-6-4-3-5-7-11/h3-7,12-13,15H,2,8-10H2,1H3,(H,17,20). The molecule has 0 aromatic heterocycles. The van der Waals surface area contributed by atoms with Crippen molar-refractivity contribution in [3.8, 4) is 0 Å². The van der Waals surface area contributed by atoms with Crippen molar-refractivity contribution in [1.29, 1.82) is 0 Å². The second-order valence-electron chi connectivity index (χ2n) is 5.53. The summed E-state index contributed by atoms with van der Waals surface area (Å²) in [6.07, 6.45) is 1.85. The lowest BCUT2D eigenvalue weighted by molar-refractivity contribution is -0.155. The average Bonchev–Trinajstić information content (AvgIpc) is 2.46. The molecule has 0 spiro atoms. The van der Waals surface area contributed by atoms with Gasteiger partial charge in [0.25, 0.3) is 0 Å². The van der Waals surface area contributed by atoms with Gasteiger partial charge >= 0.3 is 0 Å². The Labute approximate surface area is 124 Å². The quantitative estimate of drug-likeness (QED) is 0.907. The number of carbonyl (C=O) groups excluding carboxylic acids is 2. The molecule has 5 nitrogen and oxygen atoms in total. The minimum absolute atomic E-state index is 0.0107. The molecule has 2 fully saturated rings. The predicted octanol–water partition coefficient (Wildman–Crippen LogP) is 1.25. The minimum atomic E-state index is -0.514. The maximum atomic E-state index is 12.3. The second kappa shape index (κ2) is 5.85. The molecular formula is C16H20N2O3. The number of benzene rings is 1. The summed E-state index contributed by atoms with van der Waals surface area (Å²) in [7, 11) is 0. The van der Waals surface area contributed by atoms with Crippen LogP contribution < -0.4 is 5.32 Å². The van der Waals surface area contributed by atoms with Gasteiger partial charge in [-0.25, -0.2) is 0 Å². The molecule has 3 rings (SSSR count). The van der Waals surface area contributed by atoms with Gasteiger partial charge in [-0.2, -0.15) is 0 Å². The van der Waals surface area contributed by atoms with Crippen LogP contribution in [-0.4, -0.2) is 42.0 Å². The van der Waals surface area contributed by atoms with Gasteiger partial charge in [0, 0.05) is 12.6 Å². The number of amides is 2. The molecule has 2 aliphatic rings. The summed E-state index contributed by atoms with van der Waals surface area (Å²) >= 11 is 0. The molecule has 0 bridgehead atoms. The zero-order valence-corrected chi connectivity index (χ0v) is 12.1. The van der Waals surface area contributed by atoms with Crippen LogP contribution in [0.1, 0.15) is 31.4 Å². The zero-order chi connectivity index (χ0) is 14.8. The van der Waals surface area contributed by atoms with E-state index in [2.05, 4.69) is 5.32 Å². The summed E-state index contributed by atoms with van der Waals surface area (Å²) in [5.74, 6) is -0.107. The van der Waals surface area contributed by atoms with Gasteiger partial charge in [0.1, 0.15) is 6.04 Å². The molecule has 1 heterocycles. The molecule has 21 heavy (non-hydrogen) atoms. The second-order valence-corrected chi connectivity index (χ2v) is 5.53. The third kappa shape index (κ3) is 2.65. The van der Waals surface area contributed by atoms with Crippen molar-refractivity contribution < 1.29 is 14.3 Å². The van der Waals surface area contributed by atoms with Crippen molar-refractivity contribution in [2.24, 2.45) is 0 Å². The first-order valence-electron chi connectivity index (χ1n) is 7.46. The molecule has 0 radical (unpaired) electrons. The Bertz CT molecular complexity index is 526. The monoisotopic (exact) mass is 288 g/mol. The van der Waals surface area contributed by atoms with E-state index in [-0.39, 0.29) is 30.5 Å². The van der Waals surface area contributed by atoms with Gasteiger partial charge in [-0.15, -0.1) is 0 Å². The van der Waals surface area contributed by atoms with Crippen LogP contribution in [0.2, 0.25) is 0 Å². The van der Waals surface area contributed by atoms with Crippen molar-refractivity contribution >= 4 is 11.8 Å². The molecule has 112 valence electrons. The van der Waals surface area contributed by atoms with Crippen molar-refractivity contribution in [1.82, 2.24) is 10.2 Å². The Kier molecular flexibility index (Phi) is 3.92. The van der Waals surface area contributed by atoms with Crippen molar-refractivity contribution in [2.45, 2.75) is 38.0 Å². The highest BCUT2D eigenvalue weighted by Gasteiger charge is 2.44. The summed E-state index contributed by atoms with van der Waals surface area (Å²) in [4.78, 5) is 26.3. The number of carbonyl (C=O) groups is 2. The van der Waals surface area contributed by atoms with Gasteiger partial charge in [0.05, 0.1) is 12.6 Å². The topological polar surface area (TPSA) is 58.6 Å². The first-order chi connectivity index (χ1) is 10.2. The van der Waals surface area contributed by atoms with Gasteiger partial charge in [0.15, 0.2) is 0 Å². The average molecular weight is 288 g/mol. The highest BCUT2D eigenvalue weighted by molar-refractivity contribution is 5.95. The van der Waals surface area contributed by atoms with E-state index >= 15 is 0 Å². The third-order valence-corrected chi connectivity index (χ3v) is 4.21. The van der Waals surface area contributed by atoms with Gasteiger partial charge in [-0.1, -0.05) is 30.3 Å². The van der Waals surface area contributed by atoms with Gasteiger partial charge in [-0.05, 0) is 25.3 Å². The molecule has 5 heteroatoms. The maximum absolute atomic E-state index is 12.3. The van der Waals surface area contributed by atoms with E-state index in [1.54, 1.807) is 4.90 Å². The fourth-order valence-corrected chi connectivity index (χ4v) is 3.12. The van der Waals surface area contributed by atoms with Crippen LogP contribution in [0.5, 0.6) is 0 Å². The fraction of sp³-hybridized carbons (Fsp3) is 0.500. The smallest absolute Gasteiger partial charge is 0.247 e. The lowest BCUT2D eigenvalue weighted by Gasteiger charge is -2.47. The molecule has 1 aromatic rings. The Morgan fingerprint density at radius 2 is 1.95 bits per heavy atom. The van der Waals surface area contributed by atoms with E-state index in [1.807, 2.05) is 37.3 Å². The molecule has 2 amide bonds. The summed E-state index contributed by atoms with van der Waals surface area (Å²) in [5.41, 5.74) is 0.864. The predicted molar refractivity (Wildman–Crippen MR) is 77.5 cm³/mol. The largest absolute Gasteiger partial charge is 0.378 e. The molecular weight excluding hydrogens is 268 g/mol. The van der Waals surface area contributed by atoms with E-state index in [0.717, 1.165) is 18.4 Å². The van der Waals surface area contributed by atoms with E-state index in [0.29, 0.717) is 6.61 Å². The molecule has 1 unspecified atom stereocenters. The molecule has 1 atom stereocenters. The minimum Gasteiger partial charge on any atom is -0.378 e. The Balaban J connectivity index is 1.81. The van der Waals surface area contributed by atoms with E-state index < -0.39 is 6.04 Å². The SMILES string of the molecule is CCOC1CC(N2C(=O)CNC(=O)C2c2ccccc2)C1. The molecule has 1 aliphatic heterocycles. The number of hydrogen-bond acceptors (Lipinski definition) is 3. The first kappa shape index (κ1) is 14.1. The Morgan fingerprint density at radius 1 is 1.24 bits per heavy atom. The van der Waals surface area contributed by atoms with E-state index in [9.17, 15) is 9.59 Å². The number of hydrogen-bond donors (Lipinski definition) is 1. The Morgan fingerprint density at radius 3 is 2.62 bits per heavy atom. The summed E-state index contributed by atoms with van der Waals surface area (Å²) in [6, 6.07) is 9.08. The van der Waals surface area contributed by atoms with Gasteiger partial charge < -0.3 is 15.0 Å². The highest BCUT2D eigenvalue weighted by atomic mass is 16.5. The summed E-state index contributed by atoms with van der Waals surface area (Å²) in [6.45, 7) is 2.76. The van der Waals surface area contributed by atoms with Crippen LogP contribution in [0, 0.1) is 0 Å². The number of ether oxygens (including phenoxy) is 1. The van der Waals surface area contributed by atoms with E-state index in [4.69, 9.17) is 4.74 Å². The number of nitrogens with zero attached hydrogens (tertiary/aromatic N) is 1. The summed E-state index contributed by atoms with van der Waals surface area (Å²) in [5, 5.41) is 2.69. The van der Waals surface area contributed by atoms with Crippen LogP contribution >= 0.6 is 0 Å². The zero-order valence-electron chi connectivity index (χ0n) is 12.1. The highest BCUT2D eigenvalue weighted by Crippen LogP contribution is 2.35. The van der Waals surface area contributed by atoms with E-state index in [1.165, 1.54) is 0 Å². The maximum Gasteiger partial charge on any atom is 0.247 e. The van der Waals surface area contributed by atoms with Crippen LogP contribution in [0.25, 0.3) is 0 Å². The van der Waals surface area contributed by atoms with Crippen molar-refractivity contribution in [3.05, 3.63) is 35.9 Å². The first-order valence-corrected chi connectivity index (χ1v) is 7.46. The number of nitrogens with one attached hydrogen (secondary N) is 1. The molecule has 1 saturated heterocycles. The molecule has 1 saturated carbocycles. The van der Waals surface area contributed by atoms with Gasteiger partial charge in [0.2, 0.25) is 11.8 Å². The summed E-state index contributed by atoms with van der Waals surface area (Å²) < 4.78 is 5.56. The third-order valence-electron chi connectivity index (χ3n) is 4.21. The number of piperazine rings is 1. The molecule has 1 aliphatic carbocycles. The Hall–Kier alpha value is -1.88. The number of rotatable bonds is 4. The van der Waals surface area contributed by atoms with Crippen LogP contribution in [0.15, 0.2) is 30.3 Å². The van der Waals surface area contributed by atoms with Crippen LogP contribution in [0.4, 0.5) is 0 Å². The van der Waals surface area contributed by atoms with Crippen molar-refractivity contribution in [3.63, 3.8) is 0 Å². The molecule has 1 aromatic carbocycles. The molecule has 1 N–H and O–H groups in total. The fourth-order valence-electron chi connectivity index (χ4n) is 3.12.